The van der Waals surface area contributed by atoms with Crippen molar-refractivity contribution in [2.75, 3.05) is 6.61 Å². The molecule has 34 heavy (non-hydrogen) atoms. The van der Waals surface area contributed by atoms with Crippen molar-refractivity contribution < 1.29 is 19.7 Å². The fourth-order valence-electron chi connectivity index (χ4n) is 3.31. The van der Waals surface area contributed by atoms with Gasteiger partial charge in [0.2, 0.25) is 0 Å². The molecule has 3 aromatic carbocycles. The molecule has 0 aliphatic carbocycles. The number of esters is 1. The summed E-state index contributed by atoms with van der Waals surface area (Å²) >= 11 is 0. The summed E-state index contributed by atoms with van der Waals surface area (Å²) in [5.74, 6) is 0.0689. The third-order valence-corrected chi connectivity index (χ3v) is 5.06. The highest BCUT2D eigenvalue weighted by Crippen LogP contribution is 2.20. The van der Waals surface area contributed by atoms with Gasteiger partial charge in [-0.05, 0) is 84.8 Å². The van der Waals surface area contributed by atoms with Crippen molar-refractivity contribution in [1.29, 1.82) is 0 Å². The van der Waals surface area contributed by atoms with Crippen molar-refractivity contribution in [3.05, 3.63) is 107 Å². The first kappa shape index (κ1) is 22.6. The Kier molecular flexibility index (Phi) is 6.89. The molecule has 170 valence electrons. The number of phenolic OH excluding ortho intramolecular Hbond substituents is 2. The van der Waals surface area contributed by atoms with E-state index in [-0.39, 0.29) is 17.5 Å². The van der Waals surface area contributed by atoms with Gasteiger partial charge in [-0.1, -0.05) is 36.4 Å². The van der Waals surface area contributed by atoms with Crippen LogP contribution in [0.5, 0.6) is 11.5 Å². The molecule has 0 fully saturated rings. The van der Waals surface area contributed by atoms with Gasteiger partial charge in [0.25, 0.3) is 0 Å². The summed E-state index contributed by atoms with van der Waals surface area (Å²) in [6.45, 7) is 2.10. The predicted molar refractivity (Wildman–Crippen MR) is 134 cm³/mol. The summed E-state index contributed by atoms with van der Waals surface area (Å²) in [6.07, 6.45) is 7.70. The summed E-state index contributed by atoms with van der Waals surface area (Å²) in [5, 5.41) is 23.7. The molecule has 2 N–H and O–H groups in total. The van der Waals surface area contributed by atoms with Gasteiger partial charge in [0, 0.05) is 0 Å². The number of nitrogens with zero attached hydrogens (tertiary/aromatic N) is 2. The fourth-order valence-corrected chi connectivity index (χ4v) is 3.31. The maximum absolute atomic E-state index is 12.0. The normalized spacial score (nSPS) is 11.3. The first-order chi connectivity index (χ1) is 16.5. The zero-order chi connectivity index (χ0) is 23.9. The van der Waals surface area contributed by atoms with E-state index >= 15 is 0 Å². The van der Waals surface area contributed by atoms with Crippen molar-refractivity contribution in [3.8, 4) is 17.2 Å². The Morgan fingerprint density at radius 3 is 1.94 bits per heavy atom. The Morgan fingerprint density at radius 1 is 0.824 bits per heavy atom. The average Bonchev–Trinajstić information content (AvgIpc) is 3.27. The van der Waals surface area contributed by atoms with Crippen LogP contribution in [0.3, 0.4) is 0 Å². The molecule has 6 heteroatoms. The molecule has 0 radical (unpaired) electrons. The highest BCUT2D eigenvalue weighted by Gasteiger charge is 2.10. The molecule has 0 bridgehead atoms. The molecule has 6 nitrogen and oxygen atoms in total. The van der Waals surface area contributed by atoms with Crippen LogP contribution in [0.15, 0.2) is 78.9 Å². The number of hydrogen-bond donors (Lipinski definition) is 2. The quantitative estimate of drug-likeness (QED) is 0.346. The lowest BCUT2D eigenvalue weighted by molar-refractivity contribution is 0.0526. The van der Waals surface area contributed by atoms with E-state index in [9.17, 15) is 15.0 Å². The smallest absolute Gasteiger partial charge is 0.338 e. The SMILES string of the molecule is CCOC(=O)c1ccc(-n2nc(/C=C/c3ccc(O)cc3)cc2/C=C/c2ccc(O)cc2)cc1. The number of carbonyl (C=O) groups excluding carboxylic acids is 1. The largest absolute Gasteiger partial charge is 0.508 e. The van der Waals surface area contributed by atoms with Crippen molar-refractivity contribution in [1.82, 2.24) is 9.78 Å². The first-order valence-corrected chi connectivity index (χ1v) is 10.8. The zero-order valence-electron chi connectivity index (χ0n) is 18.6. The third-order valence-electron chi connectivity index (χ3n) is 5.06. The van der Waals surface area contributed by atoms with E-state index in [0.717, 1.165) is 28.2 Å². The second-order valence-electron chi connectivity index (χ2n) is 7.52. The summed E-state index contributed by atoms with van der Waals surface area (Å²) in [7, 11) is 0. The molecule has 0 aliphatic heterocycles. The number of aromatic nitrogens is 2. The van der Waals surface area contributed by atoms with Crippen LogP contribution in [0.2, 0.25) is 0 Å². The summed E-state index contributed by atoms with van der Waals surface area (Å²) in [4.78, 5) is 12.0. The van der Waals surface area contributed by atoms with Crippen LogP contribution in [0, 0.1) is 0 Å². The standard InChI is InChI=1S/C28H24N2O4/c1-2-34-28(33)22-9-13-24(14-10-22)30-25(12-4-21-7-17-27(32)18-8-21)19-23(29-30)11-3-20-5-15-26(31)16-6-20/h3-19,31-32H,2H2,1H3/b11-3+,12-4+. The monoisotopic (exact) mass is 452 g/mol. The number of aromatic hydroxyl groups is 2. The molecule has 1 aromatic heterocycles. The Labute approximate surface area is 197 Å². The molecule has 0 spiro atoms. The highest BCUT2D eigenvalue weighted by atomic mass is 16.5. The molecule has 1 heterocycles. The van der Waals surface area contributed by atoms with Crippen molar-refractivity contribution >= 4 is 30.3 Å². The Hall–Kier alpha value is -4.58. The van der Waals surface area contributed by atoms with Crippen LogP contribution in [0.4, 0.5) is 0 Å². The summed E-state index contributed by atoms with van der Waals surface area (Å²) in [5.41, 5.74) is 4.72. The van der Waals surface area contributed by atoms with Gasteiger partial charge in [0.15, 0.2) is 0 Å². The minimum absolute atomic E-state index is 0.213. The number of hydrogen-bond acceptors (Lipinski definition) is 5. The zero-order valence-corrected chi connectivity index (χ0v) is 18.6. The number of phenols is 2. The van der Waals surface area contributed by atoms with E-state index in [2.05, 4.69) is 0 Å². The predicted octanol–water partition coefficient (Wildman–Crippen LogP) is 5.80. The van der Waals surface area contributed by atoms with Gasteiger partial charge >= 0.3 is 5.97 Å². The topological polar surface area (TPSA) is 84.6 Å². The molecule has 0 unspecified atom stereocenters. The number of rotatable bonds is 7. The first-order valence-electron chi connectivity index (χ1n) is 10.8. The van der Waals surface area contributed by atoms with Crippen LogP contribution < -0.4 is 0 Å². The van der Waals surface area contributed by atoms with Crippen molar-refractivity contribution in [2.45, 2.75) is 6.92 Å². The van der Waals surface area contributed by atoms with Gasteiger partial charge in [-0.2, -0.15) is 5.10 Å². The number of benzene rings is 3. The van der Waals surface area contributed by atoms with Crippen LogP contribution in [0.1, 0.15) is 39.8 Å². The van der Waals surface area contributed by atoms with Crippen LogP contribution in [-0.4, -0.2) is 32.6 Å². The van der Waals surface area contributed by atoms with Crippen LogP contribution in [-0.2, 0) is 4.74 Å². The van der Waals surface area contributed by atoms with Gasteiger partial charge in [0.05, 0.1) is 29.2 Å². The summed E-state index contributed by atoms with van der Waals surface area (Å²) < 4.78 is 6.86. The van der Waals surface area contributed by atoms with Gasteiger partial charge in [0.1, 0.15) is 11.5 Å². The van der Waals surface area contributed by atoms with E-state index in [1.54, 1.807) is 48.0 Å². The molecule has 0 aliphatic rings. The molecular weight excluding hydrogens is 428 g/mol. The molecule has 0 amide bonds. The van der Waals surface area contributed by atoms with E-state index in [0.29, 0.717) is 12.2 Å². The molecule has 0 atom stereocenters. The van der Waals surface area contributed by atoms with Crippen molar-refractivity contribution in [3.63, 3.8) is 0 Å². The van der Waals surface area contributed by atoms with Crippen molar-refractivity contribution in [2.24, 2.45) is 0 Å². The van der Waals surface area contributed by atoms with Gasteiger partial charge in [-0.3, -0.25) is 0 Å². The third kappa shape index (κ3) is 5.61. The molecule has 0 saturated heterocycles. The Balaban J connectivity index is 1.67. The number of carbonyl (C=O) groups is 1. The maximum atomic E-state index is 12.0. The van der Waals surface area contributed by atoms with E-state index in [1.807, 2.05) is 66.8 Å². The van der Waals surface area contributed by atoms with Gasteiger partial charge in [-0.15, -0.1) is 0 Å². The van der Waals surface area contributed by atoms with E-state index < -0.39 is 0 Å². The molecule has 0 saturated carbocycles. The molecular formula is C28H24N2O4. The average molecular weight is 453 g/mol. The van der Waals surface area contributed by atoms with E-state index in [1.165, 1.54) is 0 Å². The second kappa shape index (κ2) is 10.4. The maximum Gasteiger partial charge on any atom is 0.338 e. The minimum Gasteiger partial charge on any atom is -0.508 e. The second-order valence-corrected chi connectivity index (χ2v) is 7.52. The molecule has 4 rings (SSSR count). The summed E-state index contributed by atoms with van der Waals surface area (Å²) in [6, 6.07) is 22.9. The Morgan fingerprint density at radius 2 is 1.38 bits per heavy atom. The lowest BCUT2D eigenvalue weighted by atomic mass is 10.1. The van der Waals surface area contributed by atoms with Gasteiger partial charge < -0.3 is 14.9 Å². The highest BCUT2D eigenvalue weighted by molar-refractivity contribution is 5.89. The van der Waals surface area contributed by atoms with Crippen LogP contribution >= 0.6 is 0 Å². The minimum atomic E-state index is -0.362. The number of ether oxygens (including phenoxy) is 1. The van der Waals surface area contributed by atoms with Gasteiger partial charge in [-0.25, -0.2) is 9.48 Å². The lowest BCUT2D eigenvalue weighted by Crippen LogP contribution is -2.05. The van der Waals surface area contributed by atoms with E-state index in [4.69, 9.17) is 9.84 Å². The fraction of sp³-hybridized carbons (Fsp3) is 0.0714. The van der Waals surface area contributed by atoms with Crippen LogP contribution in [0.25, 0.3) is 30.0 Å². The molecule has 4 aromatic rings. The lowest BCUT2D eigenvalue weighted by Gasteiger charge is -2.06. The Bertz CT molecular complexity index is 1320.